The molecule has 0 N–H and O–H groups in total. The molecule has 3 aromatic rings. The van der Waals surface area contributed by atoms with Gasteiger partial charge in [0.05, 0.1) is 44.4 Å². The summed E-state index contributed by atoms with van der Waals surface area (Å²) in [6.07, 6.45) is 0.738. The van der Waals surface area contributed by atoms with Gasteiger partial charge in [-0.15, -0.1) is 0 Å². The van der Waals surface area contributed by atoms with Gasteiger partial charge in [-0.25, -0.2) is 0 Å². The number of methoxy groups -OCH3 is 2. The topological polar surface area (TPSA) is 81.5 Å². The van der Waals surface area contributed by atoms with Crippen LogP contribution >= 0.6 is 11.6 Å². The molecule has 1 aromatic heterocycles. The van der Waals surface area contributed by atoms with Crippen molar-refractivity contribution in [2.45, 2.75) is 12.5 Å². The summed E-state index contributed by atoms with van der Waals surface area (Å²) in [5, 5.41) is 0.762. The molecule has 1 atom stereocenters. The summed E-state index contributed by atoms with van der Waals surface area (Å²) in [7, 11) is 3.14. The lowest BCUT2D eigenvalue weighted by Gasteiger charge is -2.29. The highest BCUT2D eigenvalue weighted by Gasteiger charge is 2.43. The summed E-state index contributed by atoms with van der Waals surface area (Å²) in [6.45, 7) is 4.43. The van der Waals surface area contributed by atoms with Gasteiger partial charge in [0.1, 0.15) is 17.1 Å². The van der Waals surface area contributed by atoms with E-state index in [-0.39, 0.29) is 17.1 Å². The van der Waals surface area contributed by atoms with Crippen molar-refractivity contribution in [1.82, 2.24) is 9.80 Å². The van der Waals surface area contributed by atoms with E-state index >= 15 is 0 Å². The first kappa shape index (κ1) is 23.7. The Kier molecular flexibility index (Phi) is 6.69. The Morgan fingerprint density at radius 1 is 1.03 bits per heavy atom. The summed E-state index contributed by atoms with van der Waals surface area (Å²) in [4.78, 5) is 31.4. The SMILES string of the molecule is COc1ccc(OC)c([C@H]2c3c(oc4ccc(Cl)cc4c3=O)C(=O)N2CCCN2CCOCC2)c1. The van der Waals surface area contributed by atoms with Gasteiger partial charge in [-0.2, -0.15) is 0 Å². The monoisotopic (exact) mass is 498 g/mol. The molecule has 9 heteroatoms. The van der Waals surface area contributed by atoms with Gasteiger partial charge in [-0.3, -0.25) is 14.5 Å². The van der Waals surface area contributed by atoms with Crippen LogP contribution in [0.1, 0.15) is 34.1 Å². The Morgan fingerprint density at radius 2 is 1.83 bits per heavy atom. The second-order valence-electron chi connectivity index (χ2n) is 8.63. The quantitative estimate of drug-likeness (QED) is 0.491. The fourth-order valence-electron chi connectivity index (χ4n) is 4.89. The van der Waals surface area contributed by atoms with Crippen molar-refractivity contribution < 1.29 is 23.4 Å². The lowest BCUT2D eigenvalue weighted by molar-refractivity contribution is 0.0353. The first-order valence-corrected chi connectivity index (χ1v) is 12.0. The Hall–Kier alpha value is -3.07. The Labute approximate surface area is 207 Å². The van der Waals surface area contributed by atoms with Crippen LogP contribution in [-0.2, 0) is 4.74 Å². The Morgan fingerprint density at radius 3 is 2.57 bits per heavy atom. The molecular formula is C26H27ClN2O6. The molecule has 3 heterocycles. The third kappa shape index (κ3) is 4.37. The van der Waals surface area contributed by atoms with Gasteiger partial charge in [0.25, 0.3) is 5.91 Å². The van der Waals surface area contributed by atoms with Gasteiger partial charge in [0.15, 0.2) is 5.43 Å². The lowest BCUT2D eigenvalue weighted by atomic mass is 9.97. The molecule has 8 nitrogen and oxygen atoms in total. The largest absolute Gasteiger partial charge is 0.497 e. The summed E-state index contributed by atoms with van der Waals surface area (Å²) < 4.78 is 22.5. The average Bonchev–Trinajstić information content (AvgIpc) is 3.16. The molecule has 1 amide bonds. The van der Waals surface area contributed by atoms with Crippen molar-refractivity contribution in [1.29, 1.82) is 0 Å². The smallest absolute Gasteiger partial charge is 0.290 e. The number of carbonyl (C=O) groups is 1. The number of benzene rings is 2. The van der Waals surface area contributed by atoms with Crippen LogP contribution in [0.2, 0.25) is 5.02 Å². The van der Waals surface area contributed by atoms with Gasteiger partial charge in [0.2, 0.25) is 5.76 Å². The van der Waals surface area contributed by atoms with Crippen LogP contribution in [0.25, 0.3) is 11.0 Å². The number of hydrogen-bond acceptors (Lipinski definition) is 7. The van der Waals surface area contributed by atoms with E-state index < -0.39 is 6.04 Å². The molecule has 2 aliphatic heterocycles. The standard InChI is InChI=1S/C26H27ClN2O6/c1-32-17-5-7-20(33-2)18(15-17)23-22-24(30)19-14-16(27)4-6-21(19)35-25(22)26(31)29(23)9-3-8-28-10-12-34-13-11-28/h4-7,14-15,23H,3,8-13H2,1-2H3/t23-/m0/s1. The van der Waals surface area contributed by atoms with Crippen molar-refractivity contribution in [3.05, 3.63) is 68.5 Å². The number of ether oxygens (including phenoxy) is 3. The zero-order valence-corrected chi connectivity index (χ0v) is 20.5. The molecule has 184 valence electrons. The van der Waals surface area contributed by atoms with E-state index in [0.717, 1.165) is 26.1 Å². The highest BCUT2D eigenvalue weighted by molar-refractivity contribution is 6.31. The molecule has 0 unspecified atom stereocenters. The number of nitrogens with zero attached hydrogens (tertiary/aromatic N) is 2. The Bertz CT molecular complexity index is 1320. The summed E-state index contributed by atoms with van der Waals surface area (Å²) in [5.41, 5.74) is 1.02. The van der Waals surface area contributed by atoms with Crippen LogP contribution in [0.3, 0.4) is 0 Å². The van der Waals surface area contributed by atoms with Crippen molar-refractivity contribution in [2.24, 2.45) is 0 Å². The molecule has 1 fully saturated rings. The fourth-order valence-corrected chi connectivity index (χ4v) is 5.06. The van der Waals surface area contributed by atoms with Crippen LogP contribution < -0.4 is 14.9 Å². The summed E-state index contributed by atoms with van der Waals surface area (Å²) in [5.74, 6) is 0.903. The van der Waals surface area contributed by atoms with Gasteiger partial charge < -0.3 is 23.5 Å². The second-order valence-corrected chi connectivity index (χ2v) is 9.07. The highest BCUT2D eigenvalue weighted by atomic mass is 35.5. The lowest BCUT2D eigenvalue weighted by Crippen LogP contribution is -2.39. The van der Waals surface area contributed by atoms with Crippen molar-refractivity contribution >= 4 is 28.5 Å². The van der Waals surface area contributed by atoms with E-state index in [1.54, 1.807) is 49.5 Å². The van der Waals surface area contributed by atoms with Crippen molar-refractivity contribution in [3.63, 3.8) is 0 Å². The minimum Gasteiger partial charge on any atom is -0.497 e. The molecule has 5 rings (SSSR count). The van der Waals surface area contributed by atoms with Gasteiger partial charge in [-0.1, -0.05) is 11.6 Å². The molecule has 35 heavy (non-hydrogen) atoms. The fraction of sp³-hybridized carbons (Fsp3) is 0.385. The molecule has 1 saturated heterocycles. The molecule has 2 aromatic carbocycles. The number of rotatable bonds is 7. The van der Waals surface area contributed by atoms with Crippen LogP contribution in [-0.4, -0.2) is 69.3 Å². The summed E-state index contributed by atoms with van der Waals surface area (Å²) in [6, 6.07) is 9.53. The zero-order chi connectivity index (χ0) is 24.5. The van der Waals surface area contributed by atoms with Crippen molar-refractivity contribution in [2.75, 3.05) is 53.6 Å². The van der Waals surface area contributed by atoms with Crippen molar-refractivity contribution in [3.8, 4) is 11.5 Å². The number of amides is 1. The van der Waals surface area contributed by atoms with Gasteiger partial charge >= 0.3 is 0 Å². The first-order valence-electron chi connectivity index (χ1n) is 11.6. The molecule has 2 aliphatic rings. The number of halogens is 1. The number of carbonyl (C=O) groups excluding carboxylic acids is 1. The van der Waals surface area contributed by atoms with E-state index in [2.05, 4.69) is 4.90 Å². The summed E-state index contributed by atoms with van der Waals surface area (Å²) >= 11 is 6.17. The molecule has 0 spiro atoms. The van der Waals surface area contributed by atoms with Crippen LogP contribution in [0.15, 0.2) is 45.6 Å². The minimum atomic E-state index is -0.674. The van der Waals surface area contributed by atoms with E-state index in [9.17, 15) is 9.59 Å². The predicted octanol–water partition coefficient (Wildman–Crippen LogP) is 3.73. The maximum absolute atomic E-state index is 13.7. The number of hydrogen-bond donors (Lipinski definition) is 0. The molecule has 0 aliphatic carbocycles. The Balaban J connectivity index is 1.60. The van der Waals surface area contributed by atoms with E-state index in [1.807, 2.05) is 6.07 Å². The molecule has 0 radical (unpaired) electrons. The van der Waals surface area contributed by atoms with Crippen LogP contribution in [0.4, 0.5) is 0 Å². The molecule has 0 saturated carbocycles. The van der Waals surface area contributed by atoms with Gasteiger partial charge in [-0.05, 0) is 42.8 Å². The zero-order valence-electron chi connectivity index (χ0n) is 19.7. The third-order valence-corrected chi connectivity index (χ3v) is 6.87. The minimum absolute atomic E-state index is 0.0612. The maximum atomic E-state index is 13.7. The first-order chi connectivity index (χ1) is 17.0. The van der Waals surface area contributed by atoms with Crippen LogP contribution in [0, 0.1) is 0 Å². The number of fused-ring (bicyclic) bond motifs is 2. The van der Waals surface area contributed by atoms with Crippen LogP contribution in [0.5, 0.6) is 11.5 Å². The predicted molar refractivity (Wildman–Crippen MR) is 132 cm³/mol. The third-order valence-electron chi connectivity index (χ3n) is 6.64. The highest BCUT2D eigenvalue weighted by Crippen LogP contribution is 2.43. The van der Waals surface area contributed by atoms with E-state index in [0.29, 0.717) is 58.4 Å². The molecular weight excluding hydrogens is 472 g/mol. The van der Waals surface area contributed by atoms with Gasteiger partial charge in [0, 0.05) is 36.8 Å². The normalized spacial score (nSPS) is 18.2. The maximum Gasteiger partial charge on any atom is 0.290 e. The second kappa shape index (κ2) is 9.89. The average molecular weight is 499 g/mol. The van der Waals surface area contributed by atoms with E-state index in [4.69, 9.17) is 30.2 Å². The van der Waals surface area contributed by atoms with E-state index in [1.165, 1.54) is 0 Å². The molecule has 0 bridgehead atoms. The number of morpholine rings is 1.